The quantitative estimate of drug-likeness (QED) is 0.226. The van der Waals surface area contributed by atoms with Crippen LogP contribution in [0.5, 0.6) is 0 Å². The van der Waals surface area contributed by atoms with E-state index in [0.717, 1.165) is 13.2 Å². The van der Waals surface area contributed by atoms with Crippen LogP contribution >= 0.6 is 0 Å². The SMILES string of the molecule is CCOCC.O=C[C@H](O)[C@@H](O)[C@H](O)[C@H](O)CO.OCCO. The molecule has 0 aromatic rings. The Balaban J connectivity index is -0.000000297. The number of aliphatic hydroxyl groups is 7. The second-order valence-electron chi connectivity index (χ2n) is 3.59. The van der Waals surface area contributed by atoms with Crippen LogP contribution in [0.4, 0.5) is 0 Å². The van der Waals surface area contributed by atoms with Gasteiger partial charge in [0, 0.05) is 13.2 Å². The van der Waals surface area contributed by atoms with E-state index in [2.05, 4.69) is 0 Å². The zero-order valence-electron chi connectivity index (χ0n) is 12.4. The van der Waals surface area contributed by atoms with Crippen molar-refractivity contribution in [2.45, 2.75) is 38.3 Å². The maximum absolute atomic E-state index is 9.90. The normalized spacial score (nSPS) is 15.5. The summed E-state index contributed by atoms with van der Waals surface area (Å²) in [5, 5.41) is 58.8. The van der Waals surface area contributed by atoms with Crippen LogP contribution in [-0.4, -0.2) is 99.5 Å². The fraction of sp³-hybridized carbons (Fsp3) is 0.917. The Morgan fingerprint density at radius 1 is 0.905 bits per heavy atom. The summed E-state index contributed by atoms with van der Waals surface area (Å²) >= 11 is 0. The van der Waals surface area contributed by atoms with Gasteiger partial charge in [-0.15, -0.1) is 0 Å². The molecule has 0 rings (SSSR count). The minimum absolute atomic E-state index is 0.0258. The summed E-state index contributed by atoms with van der Waals surface area (Å²) < 4.78 is 4.83. The van der Waals surface area contributed by atoms with Crippen LogP contribution in [0.25, 0.3) is 0 Å². The highest BCUT2D eigenvalue weighted by Crippen LogP contribution is 2.02. The highest BCUT2D eigenvalue weighted by Gasteiger charge is 2.29. The first-order valence-corrected chi connectivity index (χ1v) is 6.45. The van der Waals surface area contributed by atoms with Gasteiger partial charge in [0.05, 0.1) is 19.8 Å². The molecule has 0 spiro atoms. The van der Waals surface area contributed by atoms with Gasteiger partial charge >= 0.3 is 0 Å². The predicted octanol–water partition coefficient (Wildman–Crippen LogP) is -3.36. The van der Waals surface area contributed by atoms with Gasteiger partial charge in [0.15, 0.2) is 6.29 Å². The molecule has 0 aliphatic heterocycles. The van der Waals surface area contributed by atoms with Crippen LogP contribution in [0.15, 0.2) is 0 Å². The lowest BCUT2D eigenvalue weighted by atomic mass is 10.0. The highest BCUT2D eigenvalue weighted by atomic mass is 16.5. The molecule has 9 nitrogen and oxygen atoms in total. The Morgan fingerprint density at radius 3 is 1.52 bits per heavy atom. The number of ether oxygens (including phenoxy) is 1. The van der Waals surface area contributed by atoms with Gasteiger partial charge in [-0.1, -0.05) is 0 Å². The maximum atomic E-state index is 9.90. The van der Waals surface area contributed by atoms with Crippen molar-refractivity contribution in [2.24, 2.45) is 0 Å². The minimum Gasteiger partial charge on any atom is -0.394 e. The lowest BCUT2D eigenvalue weighted by Gasteiger charge is -2.22. The minimum atomic E-state index is -1.79. The molecule has 130 valence electrons. The van der Waals surface area contributed by atoms with Gasteiger partial charge in [0.2, 0.25) is 0 Å². The average Bonchev–Trinajstić information content (AvgIpc) is 2.53. The van der Waals surface area contributed by atoms with Gasteiger partial charge in [0.25, 0.3) is 0 Å². The fourth-order valence-corrected chi connectivity index (χ4v) is 0.822. The van der Waals surface area contributed by atoms with E-state index in [4.69, 9.17) is 40.5 Å². The molecule has 0 aromatic carbocycles. The van der Waals surface area contributed by atoms with E-state index in [1.54, 1.807) is 0 Å². The van der Waals surface area contributed by atoms with Crippen molar-refractivity contribution in [3.63, 3.8) is 0 Å². The molecule has 21 heavy (non-hydrogen) atoms. The van der Waals surface area contributed by atoms with Gasteiger partial charge in [-0.05, 0) is 13.8 Å². The van der Waals surface area contributed by atoms with Crippen molar-refractivity contribution in [1.29, 1.82) is 0 Å². The van der Waals surface area contributed by atoms with Gasteiger partial charge in [0.1, 0.15) is 24.4 Å². The third-order valence-corrected chi connectivity index (χ3v) is 1.93. The van der Waals surface area contributed by atoms with Crippen LogP contribution in [-0.2, 0) is 9.53 Å². The summed E-state index contributed by atoms with van der Waals surface area (Å²) in [5.41, 5.74) is 0. The Hall–Kier alpha value is -0.650. The molecule has 0 saturated carbocycles. The van der Waals surface area contributed by atoms with E-state index in [1.807, 2.05) is 13.8 Å². The zero-order chi connectivity index (χ0) is 17.3. The van der Waals surface area contributed by atoms with Crippen LogP contribution in [0.2, 0.25) is 0 Å². The van der Waals surface area contributed by atoms with Crippen molar-refractivity contribution >= 4 is 6.29 Å². The molecule has 0 radical (unpaired) electrons. The largest absolute Gasteiger partial charge is 0.394 e. The number of hydrogen-bond donors (Lipinski definition) is 7. The van der Waals surface area contributed by atoms with E-state index >= 15 is 0 Å². The second-order valence-corrected chi connectivity index (χ2v) is 3.59. The van der Waals surface area contributed by atoms with E-state index in [9.17, 15) is 4.79 Å². The number of aldehydes is 1. The molecule has 0 saturated heterocycles. The number of carbonyl (C=O) groups is 1. The van der Waals surface area contributed by atoms with E-state index in [0.29, 0.717) is 0 Å². The molecule has 7 N–H and O–H groups in total. The Labute approximate surface area is 124 Å². The Bertz CT molecular complexity index is 199. The summed E-state index contributed by atoms with van der Waals surface area (Å²) in [6.45, 7) is 4.66. The molecule has 0 heterocycles. The molecule has 0 aliphatic carbocycles. The van der Waals surface area contributed by atoms with Crippen LogP contribution in [0.1, 0.15) is 13.8 Å². The monoisotopic (exact) mass is 316 g/mol. The Kier molecular flexibility index (Phi) is 23.3. The molecule has 0 fully saturated rings. The van der Waals surface area contributed by atoms with Gasteiger partial charge in [-0.25, -0.2) is 0 Å². The van der Waals surface area contributed by atoms with Crippen molar-refractivity contribution in [2.75, 3.05) is 33.0 Å². The third kappa shape index (κ3) is 17.3. The molecule has 0 bridgehead atoms. The smallest absolute Gasteiger partial charge is 0.151 e. The average molecular weight is 316 g/mol. The summed E-state index contributed by atoms with van der Waals surface area (Å²) in [6.07, 6.45) is -6.84. The highest BCUT2D eigenvalue weighted by molar-refractivity contribution is 5.56. The fourth-order valence-electron chi connectivity index (χ4n) is 0.822. The summed E-state index contributed by atoms with van der Waals surface area (Å²) in [7, 11) is 0. The van der Waals surface area contributed by atoms with Gasteiger partial charge in [-0.2, -0.15) is 0 Å². The topological polar surface area (TPSA) is 168 Å². The van der Waals surface area contributed by atoms with Crippen LogP contribution in [0, 0.1) is 0 Å². The molecular formula is C12H28O9. The first-order chi connectivity index (χ1) is 9.87. The van der Waals surface area contributed by atoms with E-state index < -0.39 is 31.0 Å². The molecule has 4 atom stereocenters. The van der Waals surface area contributed by atoms with E-state index in [1.165, 1.54) is 0 Å². The van der Waals surface area contributed by atoms with Crippen molar-refractivity contribution in [1.82, 2.24) is 0 Å². The molecule has 0 aliphatic rings. The standard InChI is InChI=1S/C6H12O6.C4H10O.C2H6O2/c7-1-3(9)5(11)6(12)4(10)2-8;1-3-5-4-2;3-1-2-4/h1,3-6,8-12H,2H2;3-4H2,1-2H3;3-4H,1-2H2/t3-,4+,5+,6+;;/m0../s1. The number of aliphatic hydroxyl groups excluding tert-OH is 7. The van der Waals surface area contributed by atoms with Crippen molar-refractivity contribution in [3.8, 4) is 0 Å². The van der Waals surface area contributed by atoms with Gasteiger partial charge < -0.3 is 45.3 Å². The molecular weight excluding hydrogens is 288 g/mol. The summed E-state index contributed by atoms with van der Waals surface area (Å²) in [4.78, 5) is 9.90. The first kappa shape index (κ1) is 25.3. The van der Waals surface area contributed by atoms with Gasteiger partial charge in [-0.3, -0.25) is 0 Å². The predicted molar refractivity (Wildman–Crippen MR) is 73.5 cm³/mol. The number of carbonyl (C=O) groups excluding carboxylic acids is 1. The summed E-state index contributed by atoms with van der Waals surface area (Å²) in [5.74, 6) is 0. The lowest BCUT2D eigenvalue weighted by Crippen LogP contribution is -2.46. The molecule has 9 heteroatoms. The summed E-state index contributed by atoms with van der Waals surface area (Å²) in [6, 6.07) is 0. The maximum Gasteiger partial charge on any atom is 0.151 e. The zero-order valence-corrected chi connectivity index (χ0v) is 12.4. The second kappa shape index (κ2) is 19.4. The Morgan fingerprint density at radius 2 is 1.33 bits per heavy atom. The van der Waals surface area contributed by atoms with Crippen LogP contribution in [0.3, 0.4) is 0 Å². The number of hydrogen-bond acceptors (Lipinski definition) is 9. The van der Waals surface area contributed by atoms with Crippen LogP contribution < -0.4 is 0 Å². The van der Waals surface area contributed by atoms with Crippen molar-refractivity contribution < 1.29 is 45.3 Å². The number of rotatable bonds is 8. The van der Waals surface area contributed by atoms with E-state index in [-0.39, 0.29) is 19.5 Å². The first-order valence-electron chi connectivity index (χ1n) is 6.45. The lowest BCUT2D eigenvalue weighted by molar-refractivity contribution is -0.136. The third-order valence-electron chi connectivity index (χ3n) is 1.93. The molecule has 0 aromatic heterocycles. The molecule has 0 amide bonds. The van der Waals surface area contributed by atoms with Crippen molar-refractivity contribution in [3.05, 3.63) is 0 Å². The molecule has 0 unspecified atom stereocenters.